The van der Waals surface area contributed by atoms with Gasteiger partial charge in [-0.25, -0.2) is 4.98 Å². The highest BCUT2D eigenvalue weighted by Gasteiger charge is 2.20. The number of nitrogens with zero attached hydrogens (tertiary/aromatic N) is 4. The summed E-state index contributed by atoms with van der Waals surface area (Å²) in [5, 5.41) is 11.5. The van der Waals surface area contributed by atoms with Gasteiger partial charge in [0, 0.05) is 62.2 Å². The zero-order chi connectivity index (χ0) is 20.1. The molecule has 1 unspecified atom stereocenters. The Labute approximate surface area is 177 Å². The summed E-state index contributed by atoms with van der Waals surface area (Å²) in [6.07, 6.45) is 3.43. The minimum absolute atomic E-state index is 0.370. The molecule has 2 aromatic carbocycles. The normalized spacial score (nSPS) is 16.1. The maximum atomic E-state index is 10.6. The van der Waals surface area contributed by atoms with Crippen LogP contribution in [0.25, 0.3) is 5.69 Å². The van der Waals surface area contributed by atoms with Crippen LogP contribution < -0.4 is 4.90 Å². The molecule has 3 aromatic rings. The maximum absolute atomic E-state index is 10.6. The molecule has 1 aliphatic rings. The van der Waals surface area contributed by atoms with Crippen molar-refractivity contribution < 1.29 is 5.11 Å². The molecule has 0 bridgehead atoms. The molecule has 0 aliphatic carbocycles. The fourth-order valence-corrected chi connectivity index (χ4v) is 4.61. The van der Waals surface area contributed by atoms with E-state index in [2.05, 4.69) is 80.9 Å². The fraction of sp³-hybridized carbons (Fsp3) is 0.348. The first-order valence-electron chi connectivity index (χ1n) is 10.1. The molecule has 0 amide bonds. The number of para-hydroxylation sites is 1. The molecular formula is C23H28N4OS. The molecule has 1 aliphatic heterocycles. The largest absolute Gasteiger partial charge is 0.391 e. The number of aryl methyl sites for hydroxylation is 1. The van der Waals surface area contributed by atoms with E-state index in [0.717, 1.165) is 37.0 Å². The zero-order valence-electron chi connectivity index (χ0n) is 16.8. The average molecular weight is 409 g/mol. The monoisotopic (exact) mass is 408 g/mol. The van der Waals surface area contributed by atoms with Crippen LogP contribution in [0.15, 0.2) is 72.1 Å². The molecule has 152 valence electrons. The highest BCUT2D eigenvalue weighted by Crippen LogP contribution is 2.22. The summed E-state index contributed by atoms with van der Waals surface area (Å²) in [6, 6.07) is 18.9. The van der Waals surface area contributed by atoms with Gasteiger partial charge in [-0.15, -0.1) is 0 Å². The molecule has 0 radical (unpaired) electrons. The van der Waals surface area contributed by atoms with Gasteiger partial charge in [-0.1, -0.05) is 42.1 Å². The molecule has 6 heteroatoms. The number of piperazine rings is 1. The number of rotatable bonds is 7. The number of imidazole rings is 1. The van der Waals surface area contributed by atoms with E-state index in [1.54, 1.807) is 11.8 Å². The van der Waals surface area contributed by atoms with Gasteiger partial charge in [0.25, 0.3) is 0 Å². The Morgan fingerprint density at radius 1 is 1.00 bits per heavy atom. The maximum Gasteiger partial charge on any atom is 0.172 e. The van der Waals surface area contributed by atoms with Crippen molar-refractivity contribution in [2.75, 3.05) is 43.4 Å². The summed E-state index contributed by atoms with van der Waals surface area (Å²) < 4.78 is 2.09. The number of thioether (sulfide) groups is 1. The first-order valence-corrected chi connectivity index (χ1v) is 11.1. The standard InChI is InChI=1S/C23H28N4OS/c1-19-6-5-9-21(16-19)27-11-10-24-23(27)29-18-22(28)17-25-12-14-26(15-13-25)20-7-3-2-4-8-20/h2-11,16,22,28H,12-15,17-18H2,1H3. The van der Waals surface area contributed by atoms with Crippen LogP contribution >= 0.6 is 11.8 Å². The van der Waals surface area contributed by atoms with Gasteiger partial charge < -0.3 is 10.0 Å². The zero-order valence-corrected chi connectivity index (χ0v) is 17.6. The number of β-amino-alcohol motifs (C(OH)–C–C–N with tert-alkyl or cyclic N) is 1. The lowest BCUT2D eigenvalue weighted by Crippen LogP contribution is -2.48. The number of hydrogen-bond donors (Lipinski definition) is 1. The van der Waals surface area contributed by atoms with E-state index in [-0.39, 0.29) is 6.10 Å². The molecule has 1 atom stereocenters. The summed E-state index contributed by atoms with van der Waals surface area (Å²) in [5.41, 5.74) is 3.62. The topological polar surface area (TPSA) is 44.5 Å². The van der Waals surface area contributed by atoms with Crippen molar-refractivity contribution in [3.8, 4) is 5.69 Å². The second-order valence-electron chi connectivity index (χ2n) is 7.51. The Bertz CT molecular complexity index is 906. The van der Waals surface area contributed by atoms with Gasteiger partial charge in [-0.3, -0.25) is 9.47 Å². The van der Waals surface area contributed by atoms with Crippen LogP contribution in [0.1, 0.15) is 5.56 Å². The number of benzene rings is 2. The van der Waals surface area contributed by atoms with Crippen LogP contribution in [0.3, 0.4) is 0 Å². The van der Waals surface area contributed by atoms with Gasteiger partial charge >= 0.3 is 0 Å². The van der Waals surface area contributed by atoms with Crippen LogP contribution in [-0.2, 0) is 0 Å². The lowest BCUT2D eigenvalue weighted by molar-refractivity contribution is 0.126. The van der Waals surface area contributed by atoms with Gasteiger partial charge in [0.1, 0.15) is 0 Å². The van der Waals surface area contributed by atoms with Crippen molar-refractivity contribution in [1.29, 1.82) is 0 Å². The van der Waals surface area contributed by atoms with Crippen molar-refractivity contribution >= 4 is 17.4 Å². The molecule has 5 nitrogen and oxygen atoms in total. The van der Waals surface area contributed by atoms with E-state index >= 15 is 0 Å². The summed E-state index contributed by atoms with van der Waals surface area (Å²) in [6.45, 7) is 6.77. The fourth-order valence-electron chi connectivity index (χ4n) is 3.72. The second kappa shape index (κ2) is 9.48. The van der Waals surface area contributed by atoms with Gasteiger partial charge in [0.2, 0.25) is 0 Å². The Morgan fingerprint density at radius 3 is 2.52 bits per heavy atom. The lowest BCUT2D eigenvalue weighted by atomic mass is 10.2. The van der Waals surface area contributed by atoms with Crippen LogP contribution in [-0.4, -0.2) is 64.1 Å². The Morgan fingerprint density at radius 2 is 1.76 bits per heavy atom. The first kappa shape index (κ1) is 20.0. The molecule has 2 heterocycles. The summed E-state index contributed by atoms with van der Waals surface area (Å²) in [5.74, 6) is 0.641. The van der Waals surface area contributed by atoms with E-state index in [0.29, 0.717) is 12.3 Å². The summed E-state index contributed by atoms with van der Waals surface area (Å²) in [4.78, 5) is 9.25. The molecule has 1 saturated heterocycles. The highest BCUT2D eigenvalue weighted by molar-refractivity contribution is 7.99. The van der Waals surface area contributed by atoms with Crippen LogP contribution in [0.5, 0.6) is 0 Å². The Kier molecular flexibility index (Phi) is 6.54. The van der Waals surface area contributed by atoms with Crippen LogP contribution in [0, 0.1) is 6.92 Å². The second-order valence-corrected chi connectivity index (χ2v) is 8.49. The Balaban J connectivity index is 1.26. The van der Waals surface area contributed by atoms with Crippen molar-refractivity contribution in [2.45, 2.75) is 18.2 Å². The van der Waals surface area contributed by atoms with Crippen LogP contribution in [0.2, 0.25) is 0 Å². The minimum Gasteiger partial charge on any atom is -0.391 e. The van der Waals surface area contributed by atoms with Gasteiger partial charge in [-0.2, -0.15) is 0 Å². The SMILES string of the molecule is Cc1cccc(-n2ccnc2SCC(O)CN2CCN(c3ccccc3)CC2)c1. The molecule has 29 heavy (non-hydrogen) atoms. The number of aromatic nitrogens is 2. The molecule has 1 N–H and O–H groups in total. The third-order valence-corrected chi connectivity index (χ3v) is 6.37. The molecule has 1 fully saturated rings. The average Bonchev–Trinajstić information content (AvgIpc) is 3.22. The predicted molar refractivity (Wildman–Crippen MR) is 120 cm³/mol. The van der Waals surface area contributed by atoms with Gasteiger partial charge in [0.15, 0.2) is 5.16 Å². The number of aliphatic hydroxyl groups excluding tert-OH is 1. The summed E-state index contributed by atoms with van der Waals surface area (Å²) >= 11 is 1.61. The number of hydrogen-bond acceptors (Lipinski definition) is 5. The predicted octanol–water partition coefficient (Wildman–Crippen LogP) is 3.46. The van der Waals surface area contributed by atoms with Gasteiger partial charge in [0.05, 0.1) is 6.10 Å². The van der Waals surface area contributed by atoms with E-state index in [4.69, 9.17) is 0 Å². The number of aliphatic hydroxyl groups is 1. The van der Waals surface area contributed by atoms with E-state index < -0.39 is 0 Å². The third kappa shape index (κ3) is 5.21. The van der Waals surface area contributed by atoms with Gasteiger partial charge in [-0.05, 0) is 36.8 Å². The van der Waals surface area contributed by atoms with Crippen LogP contribution in [0.4, 0.5) is 5.69 Å². The minimum atomic E-state index is -0.370. The third-order valence-electron chi connectivity index (χ3n) is 5.25. The van der Waals surface area contributed by atoms with Crippen molar-refractivity contribution in [3.05, 3.63) is 72.6 Å². The molecule has 1 aromatic heterocycles. The molecule has 0 spiro atoms. The first-order chi connectivity index (χ1) is 14.2. The molecular weight excluding hydrogens is 380 g/mol. The van der Waals surface area contributed by atoms with E-state index in [1.165, 1.54) is 11.3 Å². The molecule has 4 rings (SSSR count). The highest BCUT2D eigenvalue weighted by atomic mass is 32.2. The van der Waals surface area contributed by atoms with Crippen molar-refractivity contribution in [1.82, 2.24) is 14.5 Å². The lowest BCUT2D eigenvalue weighted by Gasteiger charge is -2.36. The quantitative estimate of drug-likeness (QED) is 0.607. The van der Waals surface area contributed by atoms with E-state index in [1.807, 2.05) is 12.4 Å². The smallest absolute Gasteiger partial charge is 0.172 e. The number of anilines is 1. The Hall–Kier alpha value is -2.28. The summed E-state index contributed by atoms with van der Waals surface area (Å²) in [7, 11) is 0. The molecule has 0 saturated carbocycles. The van der Waals surface area contributed by atoms with E-state index in [9.17, 15) is 5.11 Å². The van der Waals surface area contributed by atoms with Crippen molar-refractivity contribution in [3.63, 3.8) is 0 Å². The van der Waals surface area contributed by atoms with Crippen molar-refractivity contribution in [2.24, 2.45) is 0 Å².